The van der Waals surface area contributed by atoms with Crippen LogP contribution in [0.1, 0.15) is 42.0 Å². The van der Waals surface area contributed by atoms with E-state index in [1.54, 1.807) is 11.1 Å². The summed E-state index contributed by atoms with van der Waals surface area (Å²) in [6.07, 6.45) is 1.25. The maximum Gasteiger partial charge on any atom is 0.0479 e. The molecule has 25 heavy (non-hydrogen) atoms. The molecule has 2 aromatic rings. The highest BCUT2D eigenvalue weighted by Gasteiger charge is 2.36. The number of hydrogen-bond acceptors (Lipinski definition) is 2. The van der Waals surface area contributed by atoms with Crippen LogP contribution in [0.4, 0.5) is 0 Å². The molecule has 2 nitrogen and oxygen atoms in total. The molecule has 136 valence electrons. The molecule has 0 amide bonds. The van der Waals surface area contributed by atoms with Crippen molar-refractivity contribution in [2.75, 3.05) is 32.7 Å². The Kier molecular flexibility index (Phi) is 7.33. The van der Waals surface area contributed by atoms with Gasteiger partial charge in [0.1, 0.15) is 0 Å². The van der Waals surface area contributed by atoms with Gasteiger partial charge in [-0.2, -0.15) is 0 Å². The van der Waals surface area contributed by atoms with Gasteiger partial charge < -0.3 is 4.90 Å². The van der Waals surface area contributed by atoms with Crippen molar-refractivity contribution < 1.29 is 0 Å². The van der Waals surface area contributed by atoms with Crippen molar-refractivity contribution >= 4 is 24.8 Å². The Morgan fingerprint density at radius 1 is 0.840 bits per heavy atom. The van der Waals surface area contributed by atoms with E-state index >= 15 is 0 Å². The molecule has 0 aromatic heterocycles. The van der Waals surface area contributed by atoms with Gasteiger partial charge in [-0.05, 0) is 29.7 Å². The summed E-state index contributed by atoms with van der Waals surface area (Å²) in [5.74, 6) is 0.515. The molecule has 0 radical (unpaired) electrons. The standard InChI is InChI=1S/C21H26N2.2ClH/c1-2-12-22-13-14-23-15-20(17-8-4-3-5-9-17)18-10-6-7-11-19(18)21(23)16-22;;/h3-11,20-21H,2,12-16H2,1H3;2*1H/t20-,21-;;/m0../s1. The maximum absolute atomic E-state index is 2.71. The largest absolute Gasteiger partial charge is 0.300 e. The van der Waals surface area contributed by atoms with Crippen LogP contribution >= 0.6 is 24.8 Å². The molecule has 2 heterocycles. The summed E-state index contributed by atoms with van der Waals surface area (Å²) in [5.41, 5.74) is 4.54. The summed E-state index contributed by atoms with van der Waals surface area (Å²) < 4.78 is 0. The Morgan fingerprint density at radius 3 is 2.24 bits per heavy atom. The van der Waals surface area contributed by atoms with Gasteiger partial charge in [-0.25, -0.2) is 0 Å². The number of nitrogens with zero attached hydrogens (tertiary/aromatic N) is 2. The van der Waals surface area contributed by atoms with E-state index < -0.39 is 0 Å². The van der Waals surface area contributed by atoms with Crippen LogP contribution in [0, 0.1) is 0 Å². The Bertz CT molecular complexity index is 662. The van der Waals surface area contributed by atoms with Crippen molar-refractivity contribution in [3.63, 3.8) is 0 Å². The summed E-state index contributed by atoms with van der Waals surface area (Å²) in [6.45, 7) is 8.27. The molecule has 1 fully saturated rings. The van der Waals surface area contributed by atoms with Crippen molar-refractivity contribution in [3.8, 4) is 0 Å². The topological polar surface area (TPSA) is 6.48 Å². The first-order chi connectivity index (χ1) is 11.4. The van der Waals surface area contributed by atoms with Crippen LogP contribution in [0.2, 0.25) is 0 Å². The molecular weight excluding hydrogens is 351 g/mol. The molecule has 0 saturated carbocycles. The second kappa shape index (κ2) is 9.05. The predicted octanol–water partition coefficient (Wildman–Crippen LogP) is 4.74. The van der Waals surface area contributed by atoms with E-state index in [1.165, 1.54) is 38.2 Å². The van der Waals surface area contributed by atoms with Gasteiger partial charge in [0.2, 0.25) is 0 Å². The van der Waals surface area contributed by atoms with Crippen molar-refractivity contribution in [1.29, 1.82) is 0 Å². The fourth-order valence-electron chi connectivity index (χ4n) is 4.34. The third-order valence-electron chi connectivity index (χ3n) is 5.46. The number of piperazine rings is 1. The van der Waals surface area contributed by atoms with Gasteiger partial charge in [0.05, 0.1) is 0 Å². The van der Waals surface area contributed by atoms with Gasteiger partial charge in [-0.15, -0.1) is 24.8 Å². The lowest BCUT2D eigenvalue weighted by molar-refractivity contribution is 0.0628. The van der Waals surface area contributed by atoms with Gasteiger partial charge in [0.15, 0.2) is 0 Å². The van der Waals surface area contributed by atoms with Crippen LogP contribution in [0.15, 0.2) is 54.6 Å². The monoisotopic (exact) mass is 378 g/mol. The van der Waals surface area contributed by atoms with Crippen LogP contribution in [0.3, 0.4) is 0 Å². The van der Waals surface area contributed by atoms with Crippen LogP contribution in [-0.2, 0) is 0 Å². The normalized spacial score (nSPS) is 22.9. The van der Waals surface area contributed by atoms with Crippen molar-refractivity contribution in [2.45, 2.75) is 25.3 Å². The van der Waals surface area contributed by atoms with Gasteiger partial charge >= 0.3 is 0 Å². The Labute approximate surface area is 164 Å². The lowest BCUT2D eigenvalue weighted by atomic mass is 9.80. The summed E-state index contributed by atoms with van der Waals surface area (Å²) in [7, 11) is 0. The van der Waals surface area contributed by atoms with Gasteiger partial charge in [-0.3, -0.25) is 4.90 Å². The van der Waals surface area contributed by atoms with E-state index in [0.717, 1.165) is 6.54 Å². The molecule has 0 unspecified atom stereocenters. The molecule has 0 N–H and O–H groups in total. The van der Waals surface area contributed by atoms with E-state index in [4.69, 9.17) is 0 Å². The Hall–Kier alpha value is -1.06. The molecule has 0 bridgehead atoms. The van der Waals surface area contributed by atoms with E-state index in [9.17, 15) is 0 Å². The molecule has 4 rings (SSSR count). The smallest absolute Gasteiger partial charge is 0.0479 e. The first-order valence-corrected chi connectivity index (χ1v) is 8.97. The highest BCUT2D eigenvalue weighted by Crippen LogP contribution is 2.40. The number of rotatable bonds is 3. The zero-order valence-corrected chi connectivity index (χ0v) is 16.4. The predicted molar refractivity (Wildman–Crippen MR) is 110 cm³/mol. The second-order valence-corrected chi connectivity index (χ2v) is 6.90. The van der Waals surface area contributed by atoms with E-state index in [0.29, 0.717) is 12.0 Å². The van der Waals surface area contributed by atoms with Crippen LogP contribution in [0.5, 0.6) is 0 Å². The maximum atomic E-state index is 2.71. The van der Waals surface area contributed by atoms with Crippen molar-refractivity contribution in [2.24, 2.45) is 0 Å². The van der Waals surface area contributed by atoms with Crippen LogP contribution < -0.4 is 0 Å². The minimum Gasteiger partial charge on any atom is -0.300 e. The molecule has 2 aliphatic rings. The van der Waals surface area contributed by atoms with Crippen molar-refractivity contribution in [3.05, 3.63) is 71.3 Å². The SMILES string of the molecule is CCCN1CCN2C[C@@H](c3ccccc3)c3ccccc3[C@@H]2C1.Cl.Cl. The van der Waals surface area contributed by atoms with Gasteiger partial charge in [0.25, 0.3) is 0 Å². The number of hydrogen-bond donors (Lipinski definition) is 0. The summed E-state index contributed by atoms with van der Waals surface area (Å²) >= 11 is 0. The summed E-state index contributed by atoms with van der Waals surface area (Å²) in [5, 5.41) is 0. The molecule has 1 saturated heterocycles. The first kappa shape index (κ1) is 20.3. The highest BCUT2D eigenvalue weighted by atomic mass is 35.5. The summed E-state index contributed by atoms with van der Waals surface area (Å²) in [6, 6.07) is 20.7. The third-order valence-corrected chi connectivity index (χ3v) is 5.46. The second-order valence-electron chi connectivity index (χ2n) is 6.90. The average molecular weight is 379 g/mol. The van der Waals surface area contributed by atoms with Crippen molar-refractivity contribution in [1.82, 2.24) is 9.80 Å². The number of halogens is 2. The van der Waals surface area contributed by atoms with E-state index in [2.05, 4.69) is 71.3 Å². The van der Waals surface area contributed by atoms with Crippen LogP contribution in [-0.4, -0.2) is 42.5 Å². The van der Waals surface area contributed by atoms with E-state index in [-0.39, 0.29) is 24.8 Å². The molecule has 2 aliphatic heterocycles. The fourth-order valence-corrected chi connectivity index (χ4v) is 4.34. The molecular formula is C21H28Cl2N2. The zero-order valence-electron chi connectivity index (χ0n) is 14.8. The molecule has 4 heteroatoms. The quantitative estimate of drug-likeness (QED) is 0.760. The Balaban J connectivity index is 0.00000113. The lowest BCUT2D eigenvalue weighted by Crippen LogP contribution is -2.51. The molecule has 0 aliphatic carbocycles. The summed E-state index contributed by atoms with van der Waals surface area (Å²) in [4.78, 5) is 5.35. The average Bonchev–Trinajstić information content (AvgIpc) is 2.62. The van der Waals surface area contributed by atoms with Crippen LogP contribution in [0.25, 0.3) is 0 Å². The fraction of sp³-hybridized carbons (Fsp3) is 0.429. The highest BCUT2D eigenvalue weighted by molar-refractivity contribution is 5.85. The van der Waals surface area contributed by atoms with E-state index in [1.807, 2.05) is 0 Å². The first-order valence-electron chi connectivity index (χ1n) is 8.97. The number of fused-ring (bicyclic) bond motifs is 3. The Morgan fingerprint density at radius 2 is 1.52 bits per heavy atom. The minimum absolute atomic E-state index is 0. The minimum atomic E-state index is 0. The molecule has 2 aromatic carbocycles. The van der Waals surface area contributed by atoms with Gasteiger partial charge in [0, 0.05) is 38.1 Å². The zero-order chi connectivity index (χ0) is 15.6. The third kappa shape index (κ3) is 4.03. The van der Waals surface area contributed by atoms with Gasteiger partial charge in [-0.1, -0.05) is 61.5 Å². The molecule has 2 atom stereocenters. The lowest BCUT2D eigenvalue weighted by Gasteiger charge is -2.47. The number of benzene rings is 2. The molecule has 0 spiro atoms.